The van der Waals surface area contributed by atoms with Gasteiger partial charge in [-0.3, -0.25) is 0 Å². The van der Waals surface area contributed by atoms with Crippen molar-refractivity contribution in [2.75, 3.05) is 0 Å². The molecule has 0 aromatic carbocycles. The highest BCUT2D eigenvalue weighted by molar-refractivity contribution is 5.10. The second-order valence-corrected chi connectivity index (χ2v) is 9.43. The molecule has 0 unspecified atom stereocenters. The summed E-state index contributed by atoms with van der Waals surface area (Å²) in [6.07, 6.45) is 10.4. The Morgan fingerprint density at radius 2 is 1.20 bits per heavy atom. The molecule has 1 N–H and O–H groups in total. The molecule has 20 heavy (non-hydrogen) atoms. The highest BCUT2D eigenvalue weighted by atomic mass is 16.3. The highest BCUT2D eigenvalue weighted by Gasteiger charge is 2.59. The molecule has 0 aliphatic heterocycles. The third kappa shape index (κ3) is 2.45. The van der Waals surface area contributed by atoms with Crippen molar-refractivity contribution in [1.82, 2.24) is 0 Å². The van der Waals surface area contributed by atoms with Gasteiger partial charge in [0.2, 0.25) is 0 Å². The summed E-state index contributed by atoms with van der Waals surface area (Å²) >= 11 is 0. The van der Waals surface area contributed by atoms with E-state index in [2.05, 4.69) is 27.7 Å². The van der Waals surface area contributed by atoms with Crippen LogP contribution in [0.15, 0.2) is 0 Å². The lowest BCUT2D eigenvalue weighted by Gasteiger charge is -2.63. The molecule has 4 bridgehead atoms. The molecule has 4 saturated carbocycles. The molecule has 1 heteroatoms. The van der Waals surface area contributed by atoms with Crippen LogP contribution in [0.3, 0.4) is 0 Å². The molecule has 4 fully saturated rings. The van der Waals surface area contributed by atoms with Crippen LogP contribution in [0.1, 0.15) is 79.1 Å². The van der Waals surface area contributed by atoms with Crippen molar-refractivity contribution in [3.05, 3.63) is 0 Å². The van der Waals surface area contributed by atoms with E-state index in [0.717, 1.165) is 30.6 Å². The zero-order chi connectivity index (χ0) is 14.5. The Kier molecular flexibility index (Phi) is 3.72. The number of hydrogen-bond acceptors (Lipinski definition) is 1. The summed E-state index contributed by atoms with van der Waals surface area (Å²) in [6.45, 7) is 9.13. The fourth-order valence-corrected chi connectivity index (χ4v) is 6.55. The van der Waals surface area contributed by atoms with Crippen LogP contribution in [-0.2, 0) is 0 Å². The van der Waals surface area contributed by atoms with Crippen LogP contribution in [0.25, 0.3) is 0 Å². The Morgan fingerprint density at radius 3 is 1.50 bits per heavy atom. The van der Waals surface area contributed by atoms with Crippen LogP contribution in [-0.4, -0.2) is 10.7 Å². The van der Waals surface area contributed by atoms with Gasteiger partial charge in [0.15, 0.2) is 0 Å². The lowest BCUT2D eigenvalue weighted by Crippen LogP contribution is -2.59. The predicted octanol–water partition coefficient (Wildman–Crippen LogP) is 5.03. The molecule has 0 spiro atoms. The highest BCUT2D eigenvalue weighted by Crippen LogP contribution is 2.65. The second-order valence-electron chi connectivity index (χ2n) is 9.43. The molecule has 0 radical (unpaired) electrons. The predicted molar refractivity (Wildman–Crippen MR) is 84.5 cm³/mol. The third-order valence-electron chi connectivity index (χ3n) is 6.52. The molecule has 116 valence electrons. The normalized spacial score (nSPS) is 40.0. The van der Waals surface area contributed by atoms with Crippen molar-refractivity contribution < 1.29 is 5.11 Å². The zero-order valence-electron chi connectivity index (χ0n) is 14.0. The average molecular weight is 278 g/mol. The van der Waals surface area contributed by atoms with E-state index in [1.807, 2.05) is 0 Å². The van der Waals surface area contributed by atoms with Crippen LogP contribution in [0, 0.1) is 35.0 Å². The van der Waals surface area contributed by atoms with E-state index in [0.29, 0.717) is 11.8 Å². The minimum absolute atomic E-state index is 0.274. The van der Waals surface area contributed by atoms with Gasteiger partial charge in [-0.25, -0.2) is 0 Å². The van der Waals surface area contributed by atoms with Gasteiger partial charge < -0.3 is 5.11 Å². The summed E-state index contributed by atoms with van der Waals surface area (Å²) < 4.78 is 0. The van der Waals surface area contributed by atoms with Crippen molar-refractivity contribution in [3.8, 4) is 0 Å². The van der Waals surface area contributed by atoms with E-state index in [-0.39, 0.29) is 5.41 Å². The Hall–Kier alpha value is -0.0400. The summed E-state index contributed by atoms with van der Waals surface area (Å²) in [5.74, 6) is 4.02. The molecule has 0 aromatic rings. The lowest BCUT2D eigenvalue weighted by molar-refractivity contribution is -0.192. The SMILES string of the molecule is CC(C)CC(O)(CC(C)C)C12CC3CC(CC(C3)C1)C2. The minimum Gasteiger partial charge on any atom is -0.389 e. The molecule has 0 amide bonds. The molecule has 0 heterocycles. The molecular formula is C19H34O. The molecule has 4 aliphatic rings. The smallest absolute Gasteiger partial charge is 0.0708 e. The maximum absolute atomic E-state index is 11.7. The second kappa shape index (κ2) is 5.00. The van der Waals surface area contributed by atoms with Crippen molar-refractivity contribution in [2.45, 2.75) is 84.7 Å². The Bertz CT molecular complexity index is 309. The largest absolute Gasteiger partial charge is 0.389 e. The van der Waals surface area contributed by atoms with E-state index in [1.54, 1.807) is 0 Å². The van der Waals surface area contributed by atoms with Gasteiger partial charge in [0.25, 0.3) is 0 Å². The minimum atomic E-state index is -0.397. The van der Waals surface area contributed by atoms with Gasteiger partial charge in [-0.05, 0) is 86.4 Å². The molecule has 0 saturated heterocycles. The van der Waals surface area contributed by atoms with E-state index in [9.17, 15) is 5.11 Å². The summed E-state index contributed by atoms with van der Waals surface area (Å²) in [7, 11) is 0. The van der Waals surface area contributed by atoms with Crippen LogP contribution in [0.5, 0.6) is 0 Å². The fourth-order valence-electron chi connectivity index (χ4n) is 6.55. The number of hydrogen-bond donors (Lipinski definition) is 1. The van der Waals surface area contributed by atoms with Gasteiger partial charge in [0.05, 0.1) is 5.60 Å². The maximum atomic E-state index is 11.7. The van der Waals surface area contributed by atoms with E-state index in [4.69, 9.17) is 0 Å². The standard InChI is InChI=1S/C19H34O/c1-13(2)8-19(20,9-14(3)4)18-10-15-5-16(11-18)7-17(6-15)12-18/h13-17,20H,5-12H2,1-4H3. The summed E-state index contributed by atoms with van der Waals surface area (Å²) in [4.78, 5) is 0. The molecule has 0 atom stereocenters. The first-order chi connectivity index (χ1) is 9.32. The first-order valence-corrected chi connectivity index (χ1v) is 9.04. The molecule has 4 rings (SSSR count). The maximum Gasteiger partial charge on any atom is 0.0708 e. The van der Waals surface area contributed by atoms with E-state index >= 15 is 0 Å². The van der Waals surface area contributed by atoms with Gasteiger partial charge in [-0.15, -0.1) is 0 Å². The molecular weight excluding hydrogens is 244 g/mol. The van der Waals surface area contributed by atoms with E-state index in [1.165, 1.54) is 38.5 Å². The number of rotatable bonds is 5. The van der Waals surface area contributed by atoms with Crippen molar-refractivity contribution >= 4 is 0 Å². The summed E-state index contributed by atoms with van der Waals surface area (Å²) in [6, 6.07) is 0. The summed E-state index contributed by atoms with van der Waals surface area (Å²) in [5.41, 5.74) is -0.123. The first kappa shape index (κ1) is 14.9. The van der Waals surface area contributed by atoms with Gasteiger partial charge in [0, 0.05) is 0 Å². The Balaban J connectivity index is 1.89. The van der Waals surface area contributed by atoms with Crippen molar-refractivity contribution in [2.24, 2.45) is 35.0 Å². The zero-order valence-corrected chi connectivity index (χ0v) is 14.0. The van der Waals surface area contributed by atoms with E-state index < -0.39 is 5.60 Å². The summed E-state index contributed by atoms with van der Waals surface area (Å²) in [5, 5.41) is 11.7. The van der Waals surface area contributed by atoms with Gasteiger partial charge in [-0.1, -0.05) is 27.7 Å². The van der Waals surface area contributed by atoms with Gasteiger partial charge in [-0.2, -0.15) is 0 Å². The van der Waals surface area contributed by atoms with Crippen LogP contribution in [0.2, 0.25) is 0 Å². The van der Waals surface area contributed by atoms with Gasteiger partial charge >= 0.3 is 0 Å². The van der Waals surface area contributed by atoms with Crippen LogP contribution >= 0.6 is 0 Å². The third-order valence-corrected chi connectivity index (χ3v) is 6.52. The quantitative estimate of drug-likeness (QED) is 0.748. The molecule has 0 aromatic heterocycles. The topological polar surface area (TPSA) is 20.2 Å². The number of aliphatic hydroxyl groups is 1. The average Bonchev–Trinajstić information content (AvgIpc) is 2.23. The fraction of sp³-hybridized carbons (Fsp3) is 1.00. The van der Waals surface area contributed by atoms with Crippen molar-refractivity contribution in [3.63, 3.8) is 0 Å². The van der Waals surface area contributed by atoms with Crippen LogP contribution < -0.4 is 0 Å². The monoisotopic (exact) mass is 278 g/mol. The van der Waals surface area contributed by atoms with Crippen molar-refractivity contribution in [1.29, 1.82) is 0 Å². The molecule has 1 nitrogen and oxygen atoms in total. The lowest BCUT2D eigenvalue weighted by atomic mass is 9.44. The Labute approximate surface area is 125 Å². The van der Waals surface area contributed by atoms with Crippen LogP contribution in [0.4, 0.5) is 0 Å². The molecule has 4 aliphatic carbocycles. The van der Waals surface area contributed by atoms with Gasteiger partial charge in [0.1, 0.15) is 0 Å². The first-order valence-electron chi connectivity index (χ1n) is 9.04. The Morgan fingerprint density at radius 1 is 0.850 bits per heavy atom.